The molecule has 3 unspecified atom stereocenters. The maximum absolute atomic E-state index is 11.6. The highest BCUT2D eigenvalue weighted by molar-refractivity contribution is 7.88. The Balaban J connectivity index is 0.00000312. The van der Waals surface area contributed by atoms with Crippen molar-refractivity contribution in [2.24, 2.45) is 10.7 Å². The number of unbranched alkanes of at least 4 members (excludes halogenated alkanes) is 1. The number of hydrogen-bond donors (Lipinski definition) is 3. The number of anilines is 1. The number of benzene rings is 1. The lowest BCUT2D eigenvalue weighted by molar-refractivity contribution is 0.288. The third kappa shape index (κ3) is 7.67. The fourth-order valence-corrected chi connectivity index (χ4v) is 3.34. The van der Waals surface area contributed by atoms with Crippen molar-refractivity contribution in [1.82, 2.24) is 4.72 Å². The van der Waals surface area contributed by atoms with Crippen LogP contribution in [0.25, 0.3) is 0 Å². The van der Waals surface area contributed by atoms with Crippen molar-refractivity contribution in [3.63, 3.8) is 0 Å². The minimum atomic E-state index is -3.33. The Bertz CT molecular complexity index is 701. The van der Waals surface area contributed by atoms with Crippen LogP contribution in [0.4, 0.5) is 11.4 Å². The molecule has 0 fully saturated rings. The molecular formula is C16H28Cl2N4O3S. The second kappa shape index (κ2) is 10.9. The van der Waals surface area contributed by atoms with E-state index in [-0.39, 0.29) is 37.0 Å². The van der Waals surface area contributed by atoms with Crippen LogP contribution in [0.1, 0.15) is 33.1 Å². The van der Waals surface area contributed by atoms with Gasteiger partial charge in [0.15, 0.2) is 0 Å². The third-order valence-electron chi connectivity index (χ3n) is 3.70. The van der Waals surface area contributed by atoms with Crippen molar-refractivity contribution in [2.45, 2.75) is 51.4 Å². The molecular weight excluding hydrogens is 399 g/mol. The maximum atomic E-state index is 11.6. The number of halogens is 2. The summed E-state index contributed by atoms with van der Waals surface area (Å²) in [5, 5.41) is 3.16. The summed E-state index contributed by atoms with van der Waals surface area (Å²) in [7, 11) is -3.33. The molecule has 0 saturated heterocycles. The number of ether oxygens (including phenoxy) is 1. The van der Waals surface area contributed by atoms with Gasteiger partial charge in [-0.05, 0) is 31.5 Å². The van der Waals surface area contributed by atoms with Gasteiger partial charge in [-0.25, -0.2) is 13.1 Å². The van der Waals surface area contributed by atoms with Crippen molar-refractivity contribution in [2.75, 3.05) is 11.6 Å². The first-order valence-corrected chi connectivity index (χ1v) is 10.0. The number of nitrogens with zero attached hydrogens (tertiary/aromatic N) is 1. The fourth-order valence-electron chi connectivity index (χ4n) is 2.53. The van der Waals surface area contributed by atoms with E-state index in [4.69, 9.17) is 10.5 Å². The molecule has 0 bridgehead atoms. The number of rotatable bonds is 8. The van der Waals surface area contributed by atoms with Crippen LogP contribution in [0.3, 0.4) is 0 Å². The van der Waals surface area contributed by atoms with Crippen LogP contribution in [-0.4, -0.2) is 39.2 Å². The Labute approximate surface area is 168 Å². The third-order valence-corrected chi connectivity index (χ3v) is 4.43. The molecule has 26 heavy (non-hydrogen) atoms. The molecule has 10 heteroatoms. The number of sulfonamides is 1. The summed E-state index contributed by atoms with van der Waals surface area (Å²) in [5.74, 6) is 0.723. The summed E-state index contributed by atoms with van der Waals surface area (Å²) in [5.41, 5.74) is 7.69. The van der Waals surface area contributed by atoms with E-state index in [1.54, 1.807) is 6.21 Å². The summed E-state index contributed by atoms with van der Waals surface area (Å²) in [4.78, 5) is 4.35. The molecule has 2 rings (SSSR count). The van der Waals surface area contributed by atoms with E-state index in [1.165, 1.54) is 0 Å². The largest absolute Gasteiger partial charge is 0.483 e. The molecule has 0 aromatic heterocycles. The number of fused-ring (bicyclic) bond motifs is 1. The zero-order chi connectivity index (χ0) is 17.7. The molecule has 3 atom stereocenters. The SMILES string of the molecule is CCCCC(NS(C)(=O)=O)C(N)Nc1ccc2c(c1)N=CC(C)O2.Cl.Cl. The van der Waals surface area contributed by atoms with Gasteiger partial charge in [-0.1, -0.05) is 19.8 Å². The van der Waals surface area contributed by atoms with Crippen molar-refractivity contribution < 1.29 is 13.2 Å². The van der Waals surface area contributed by atoms with Gasteiger partial charge in [-0.3, -0.25) is 4.99 Å². The van der Waals surface area contributed by atoms with Gasteiger partial charge in [-0.15, -0.1) is 24.8 Å². The second-order valence-electron chi connectivity index (χ2n) is 6.09. The minimum absolute atomic E-state index is 0. The van der Waals surface area contributed by atoms with Crippen LogP contribution in [0.15, 0.2) is 23.2 Å². The minimum Gasteiger partial charge on any atom is -0.483 e. The summed E-state index contributed by atoms with van der Waals surface area (Å²) in [6, 6.07) is 5.15. The highest BCUT2D eigenvalue weighted by atomic mass is 35.5. The van der Waals surface area contributed by atoms with Crippen molar-refractivity contribution in [3.05, 3.63) is 18.2 Å². The molecule has 1 aliphatic rings. The average Bonchev–Trinajstić information content (AvgIpc) is 2.50. The van der Waals surface area contributed by atoms with Crippen LogP contribution in [-0.2, 0) is 10.0 Å². The number of hydrogen-bond acceptors (Lipinski definition) is 6. The average molecular weight is 427 g/mol. The molecule has 1 aromatic carbocycles. The maximum Gasteiger partial charge on any atom is 0.209 e. The molecule has 4 N–H and O–H groups in total. The van der Waals surface area contributed by atoms with Crippen LogP contribution >= 0.6 is 24.8 Å². The topological polar surface area (TPSA) is 106 Å². The van der Waals surface area contributed by atoms with E-state index in [1.807, 2.05) is 25.1 Å². The predicted octanol–water partition coefficient (Wildman–Crippen LogP) is 2.82. The van der Waals surface area contributed by atoms with Crippen LogP contribution in [0.5, 0.6) is 5.75 Å². The van der Waals surface area contributed by atoms with Crippen molar-refractivity contribution in [3.8, 4) is 5.75 Å². The first-order valence-electron chi connectivity index (χ1n) is 8.13. The molecule has 1 aromatic rings. The normalized spacial score (nSPS) is 17.8. The van der Waals surface area contributed by atoms with E-state index in [0.29, 0.717) is 6.42 Å². The number of nitrogens with one attached hydrogen (secondary N) is 2. The fraction of sp³-hybridized carbons (Fsp3) is 0.562. The Morgan fingerprint density at radius 3 is 2.65 bits per heavy atom. The van der Waals surface area contributed by atoms with Crippen LogP contribution < -0.4 is 20.5 Å². The Morgan fingerprint density at radius 1 is 1.35 bits per heavy atom. The van der Waals surface area contributed by atoms with Crippen molar-refractivity contribution >= 4 is 52.4 Å². The van der Waals surface area contributed by atoms with Crippen molar-refractivity contribution in [1.29, 1.82) is 0 Å². The molecule has 0 spiro atoms. The zero-order valence-electron chi connectivity index (χ0n) is 15.1. The van der Waals surface area contributed by atoms with Gasteiger partial charge in [0.05, 0.1) is 18.5 Å². The lowest BCUT2D eigenvalue weighted by Crippen LogP contribution is -2.51. The van der Waals surface area contributed by atoms with Gasteiger partial charge in [0.1, 0.15) is 17.5 Å². The summed E-state index contributed by atoms with van der Waals surface area (Å²) >= 11 is 0. The lowest BCUT2D eigenvalue weighted by Gasteiger charge is -2.26. The molecule has 1 aliphatic heterocycles. The highest BCUT2D eigenvalue weighted by Crippen LogP contribution is 2.33. The second-order valence-corrected chi connectivity index (χ2v) is 7.87. The first-order chi connectivity index (χ1) is 11.3. The molecule has 0 saturated carbocycles. The Hall–Kier alpha value is -1.06. The first kappa shape index (κ1) is 24.9. The van der Waals surface area contributed by atoms with Gasteiger partial charge < -0.3 is 15.8 Å². The Morgan fingerprint density at radius 2 is 2.04 bits per heavy atom. The van der Waals surface area contributed by atoms with Gasteiger partial charge in [-0.2, -0.15) is 0 Å². The van der Waals surface area contributed by atoms with Gasteiger partial charge in [0.25, 0.3) is 0 Å². The number of nitrogens with two attached hydrogens (primary N) is 1. The van der Waals surface area contributed by atoms with E-state index >= 15 is 0 Å². The molecule has 7 nitrogen and oxygen atoms in total. The van der Waals surface area contributed by atoms with Gasteiger partial charge in [0, 0.05) is 11.9 Å². The predicted molar refractivity (Wildman–Crippen MR) is 112 cm³/mol. The van der Waals surface area contributed by atoms with E-state index in [0.717, 1.165) is 36.2 Å². The summed E-state index contributed by atoms with van der Waals surface area (Å²) in [6.07, 6.45) is 4.82. The number of aliphatic imine (C=N–C) groups is 1. The monoisotopic (exact) mass is 426 g/mol. The quantitative estimate of drug-likeness (QED) is 0.554. The van der Waals surface area contributed by atoms with E-state index in [9.17, 15) is 8.42 Å². The van der Waals surface area contributed by atoms with Crippen LogP contribution in [0.2, 0.25) is 0 Å². The Kier molecular flexibility index (Phi) is 10.5. The molecule has 1 heterocycles. The smallest absolute Gasteiger partial charge is 0.209 e. The lowest BCUT2D eigenvalue weighted by atomic mass is 10.1. The highest BCUT2D eigenvalue weighted by Gasteiger charge is 2.21. The zero-order valence-corrected chi connectivity index (χ0v) is 17.6. The van der Waals surface area contributed by atoms with E-state index < -0.39 is 16.2 Å². The van der Waals surface area contributed by atoms with Gasteiger partial charge in [0.2, 0.25) is 10.0 Å². The van der Waals surface area contributed by atoms with E-state index in [2.05, 4.69) is 22.0 Å². The molecule has 0 radical (unpaired) electrons. The molecule has 0 aliphatic carbocycles. The molecule has 150 valence electrons. The van der Waals surface area contributed by atoms with Crippen LogP contribution in [0, 0.1) is 0 Å². The molecule has 0 amide bonds. The summed E-state index contributed by atoms with van der Waals surface area (Å²) in [6.45, 7) is 3.97. The standard InChI is InChI=1S/C16H26N4O3S.2ClH/c1-4-5-6-13(20-24(3,21)22)16(17)19-12-7-8-15-14(9-12)18-10-11(2)23-15;;/h7-11,13,16,19-20H,4-6,17H2,1-3H3;2*1H. The van der Waals surface area contributed by atoms with Gasteiger partial charge >= 0.3 is 0 Å². The summed E-state index contributed by atoms with van der Waals surface area (Å²) < 4.78 is 31.4.